The molecular weight excluding hydrogens is 447 g/mol. The van der Waals surface area contributed by atoms with E-state index in [2.05, 4.69) is 20.6 Å². The number of pyridine rings is 1. The summed E-state index contributed by atoms with van der Waals surface area (Å²) >= 11 is 0. The molecule has 11 nitrogen and oxygen atoms in total. The summed E-state index contributed by atoms with van der Waals surface area (Å²) in [6, 6.07) is 6.18. The Balaban J connectivity index is 1.21. The maximum absolute atomic E-state index is 14.5. The van der Waals surface area contributed by atoms with E-state index in [1.165, 1.54) is 27.8 Å². The number of aryl methyl sites for hydroxylation is 1. The summed E-state index contributed by atoms with van der Waals surface area (Å²) in [7, 11) is 1.62. The Labute approximate surface area is 192 Å². The molecule has 34 heavy (non-hydrogen) atoms. The number of benzene rings is 1. The predicted octanol–water partition coefficient (Wildman–Crippen LogP) is 0.956. The van der Waals surface area contributed by atoms with Crippen molar-refractivity contribution in [1.82, 2.24) is 19.9 Å². The Hall–Kier alpha value is -4.06. The van der Waals surface area contributed by atoms with Crippen LogP contribution in [0.2, 0.25) is 0 Å². The number of rotatable bonds is 6. The van der Waals surface area contributed by atoms with Gasteiger partial charge in [-0.1, -0.05) is 0 Å². The Morgan fingerprint density at radius 1 is 1.24 bits per heavy atom. The number of hydrogen-bond acceptors (Lipinski definition) is 8. The van der Waals surface area contributed by atoms with E-state index in [4.69, 9.17) is 9.47 Å². The first-order valence-corrected chi connectivity index (χ1v) is 10.7. The van der Waals surface area contributed by atoms with Gasteiger partial charge in [0, 0.05) is 25.2 Å². The molecule has 2 aromatic heterocycles. The van der Waals surface area contributed by atoms with Crippen LogP contribution >= 0.6 is 0 Å². The number of carbonyl (C=O) groups is 2. The second kappa shape index (κ2) is 8.71. The van der Waals surface area contributed by atoms with Gasteiger partial charge < -0.3 is 24.7 Å². The maximum atomic E-state index is 14.5. The molecule has 1 unspecified atom stereocenters. The first kappa shape index (κ1) is 21.8. The lowest BCUT2D eigenvalue weighted by molar-refractivity contribution is -0.118. The molecule has 0 spiro atoms. The fourth-order valence-electron chi connectivity index (χ4n) is 4.05. The van der Waals surface area contributed by atoms with Gasteiger partial charge in [-0.15, -0.1) is 0 Å². The zero-order valence-electron chi connectivity index (χ0n) is 18.2. The molecule has 0 bridgehead atoms. The molecule has 0 saturated carbocycles. The third-order valence-electron chi connectivity index (χ3n) is 5.73. The van der Waals surface area contributed by atoms with E-state index in [1.54, 1.807) is 19.2 Å². The van der Waals surface area contributed by atoms with Crippen molar-refractivity contribution >= 4 is 34.7 Å². The summed E-state index contributed by atoms with van der Waals surface area (Å²) in [4.78, 5) is 45.4. The number of hydrogen-bond donors (Lipinski definition) is 2. The number of cyclic esters (lactones) is 1. The second-order valence-corrected chi connectivity index (χ2v) is 7.98. The highest BCUT2D eigenvalue weighted by Crippen LogP contribution is 2.28. The number of ether oxygens (including phenoxy) is 2. The Bertz CT molecular complexity index is 1360. The van der Waals surface area contributed by atoms with Crippen LogP contribution in [0.1, 0.15) is 5.56 Å². The van der Waals surface area contributed by atoms with Gasteiger partial charge in [-0.2, -0.15) is 4.98 Å². The molecule has 0 radical (unpaired) electrons. The molecule has 1 atom stereocenters. The van der Waals surface area contributed by atoms with Crippen molar-refractivity contribution in [2.24, 2.45) is 7.05 Å². The Morgan fingerprint density at radius 2 is 2.06 bits per heavy atom. The van der Waals surface area contributed by atoms with Gasteiger partial charge in [0.05, 0.1) is 18.3 Å². The monoisotopic (exact) mass is 468 g/mol. The van der Waals surface area contributed by atoms with Gasteiger partial charge in [-0.05, 0) is 36.6 Å². The van der Waals surface area contributed by atoms with Gasteiger partial charge in [0.1, 0.15) is 11.9 Å². The highest BCUT2D eigenvalue weighted by Gasteiger charge is 2.34. The van der Waals surface area contributed by atoms with Crippen LogP contribution in [0, 0.1) is 5.82 Å². The molecule has 2 aliphatic rings. The quantitative estimate of drug-likeness (QED) is 0.512. The zero-order chi connectivity index (χ0) is 23.8. The lowest BCUT2D eigenvalue weighted by atomic mass is 10.1. The minimum Gasteiger partial charge on any atom is -0.478 e. The summed E-state index contributed by atoms with van der Waals surface area (Å²) < 4.78 is 26.6. The molecule has 12 heteroatoms. The zero-order valence-corrected chi connectivity index (χ0v) is 18.2. The van der Waals surface area contributed by atoms with Crippen LogP contribution in [0.25, 0.3) is 10.9 Å². The number of nitrogens with one attached hydrogen (secondary N) is 2. The van der Waals surface area contributed by atoms with E-state index < -0.39 is 12.2 Å². The minimum atomic E-state index is -0.607. The molecule has 3 aromatic rings. The average Bonchev–Trinajstić information content (AvgIpc) is 3.20. The number of fused-ring (bicyclic) bond motifs is 2. The number of aromatic nitrogens is 3. The molecule has 176 valence electrons. The first-order chi connectivity index (χ1) is 16.4. The molecule has 5 rings (SSSR count). The lowest BCUT2D eigenvalue weighted by Gasteiger charge is -2.18. The molecule has 2 aliphatic heterocycles. The lowest BCUT2D eigenvalue weighted by Crippen LogP contribution is -2.33. The minimum absolute atomic E-state index is 0.0933. The Kier molecular flexibility index (Phi) is 5.57. The van der Waals surface area contributed by atoms with Crippen LogP contribution < -0.4 is 25.8 Å². The molecule has 2 amide bonds. The van der Waals surface area contributed by atoms with Crippen molar-refractivity contribution in [2.75, 3.05) is 36.5 Å². The fourth-order valence-corrected chi connectivity index (χ4v) is 4.05. The molecule has 0 aliphatic carbocycles. The van der Waals surface area contributed by atoms with Crippen LogP contribution in [0.4, 0.5) is 21.0 Å². The van der Waals surface area contributed by atoms with Gasteiger partial charge in [0.15, 0.2) is 18.2 Å². The SMILES string of the molecule is Cn1c(=O)ccc2ccc(F)c(CCNCC3CN(c4ncc5c(n4)NC(=O)CO5)C(=O)O3)c21. The van der Waals surface area contributed by atoms with Crippen molar-refractivity contribution in [1.29, 1.82) is 0 Å². The number of amides is 2. The van der Waals surface area contributed by atoms with Crippen molar-refractivity contribution in [3.8, 4) is 5.75 Å². The smallest absolute Gasteiger partial charge is 0.417 e. The number of nitrogens with zero attached hydrogens (tertiary/aromatic N) is 4. The first-order valence-electron chi connectivity index (χ1n) is 10.7. The summed E-state index contributed by atoms with van der Waals surface area (Å²) in [6.07, 6.45) is 0.658. The Morgan fingerprint density at radius 3 is 2.91 bits per heavy atom. The van der Waals surface area contributed by atoms with Crippen LogP contribution in [-0.2, 0) is 23.0 Å². The van der Waals surface area contributed by atoms with E-state index in [-0.39, 0.29) is 42.2 Å². The van der Waals surface area contributed by atoms with E-state index >= 15 is 0 Å². The van der Waals surface area contributed by atoms with Crippen LogP contribution in [0.5, 0.6) is 5.75 Å². The topological polar surface area (TPSA) is 128 Å². The van der Waals surface area contributed by atoms with Crippen molar-refractivity contribution in [3.05, 3.63) is 52.2 Å². The molecule has 1 saturated heterocycles. The standard InChI is InChI=1S/C22H21FN6O5/c1-28-18(31)5-3-12-2-4-15(23)14(19(12)28)6-7-24-8-13-10-29(22(32)34-13)21-25-9-16-20(27-21)26-17(30)11-33-16/h2-5,9,13,24H,6-8,10-11H2,1H3,(H,25,26,27,30). The number of anilines is 2. The molecular formula is C22H21FN6O5. The van der Waals surface area contributed by atoms with Crippen LogP contribution in [0.15, 0.2) is 35.3 Å². The van der Waals surface area contributed by atoms with Gasteiger partial charge in [0.25, 0.3) is 11.5 Å². The fraction of sp³-hybridized carbons (Fsp3) is 0.318. The van der Waals surface area contributed by atoms with Gasteiger partial charge in [-0.3, -0.25) is 9.59 Å². The van der Waals surface area contributed by atoms with Gasteiger partial charge >= 0.3 is 6.09 Å². The largest absolute Gasteiger partial charge is 0.478 e. The third-order valence-corrected chi connectivity index (χ3v) is 5.73. The molecule has 2 N–H and O–H groups in total. The predicted molar refractivity (Wildman–Crippen MR) is 119 cm³/mol. The molecule has 1 aromatic carbocycles. The van der Waals surface area contributed by atoms with E-state index in [0.717, 1.165) is 5.39 Å². The summed E-state index contributed by atoms with van der Waals surface area (Å²) in [5, 5.41) is 6.53. The summed E-state index contributed by atoms with van der Waals surface area (Å²) in [5.74, 6) is -0.106. The maximum Gasteiger partial charge on any atom is 0.417 e. The average molecular weight is 468 g/mol. The van der Waals surface area contributed by atoms with Crippen molar-refractivity contribution in [2.45, 2.75) is 12.5 Å². The third kappa shape index (κ3) is 4.03. The van der Waals surface area contributed by atoms with Crippen molar-refractivity contribution in [3.63, 3.8) is 0 Å². The van der Waals surface area contributed by atoms with Crippen LogP contribution in [-0.4, -0.2) is 58.9 Å². The molecule has 4 heterocycles. The van der Waals surface area contributed by atoms with E-state index in [1.807, 2.05) is 0 Å². The van der Waals surface area contributed by atoms with Crippen LogP contribution in [0.3, 0.4) is 0 Å². The highest BCUT2D eigenvalue weighted by atomic mass is 19.1. The van der Waals surface area contributed by atoms with Gasteiger partial charge in [-0.25, -0.2) is 19.1 Å². The number of halogens is 1. The molecule has 1 fully saturated rings. The number of carbonyl (C=O) groups excluding carboxylic acids is 2. The van der Waals surface area contributed by atoms with Gasteiger partial charge in [0.2, 0.25) is 5.95 Å². The van der Waals surface area contributed by atoms with E-state index in [9.17, 15) is 18.8 Å². The summed E-state index contributed by atoms with van der Waals surface area (Å²) in [6.45, 7) is 0.828. The van der Waals surface area contributed by atoms with Crippen molar-refractivity contribution < 1.29 is 23.5 Å². The summed E-state index contributed by atoms with van der Waals surface area (Å²) in [5.41, 5.74) is 0.802. The second-order valence-electron chi connectivity index (χ2n) is 7.98. The highest BCUT2D eigenvalue weighted by molar-refractivity contribution is 5.95. The van der Waals surface area contributed by atoms with E-state index in [0.29, 0.717) is 36.3 Å². The normalized spacial score (nSPS) is 17.4.